The molecule has 0 bridgehead atoms. The van der Waals surface area contributed by atoms with E-state index in [1.165, 1.54) is 29.6 Å². The summed E-state index contributed by atoms with van der Waals surface area (Å²) in [7, 11) is 0. The number of carbonyl (C=O) groups excluding carboxylic acids is 1. The van der Waals surface area contributed by atoms with Gasteiger partial charge in [-0.25, -0.2) is 4.98 Å². The Morgan fingerprint density at radius 1 is 1.35 bits per heavy atom. The molecule has 1 aliphatic carbocycles. The molecule has 0 saturated carbocycles. The molecule has 0 aromatic carbocycles. The molecule has 2 aromatic rings. The van der Waals surface area contributed by atoms with Gasteiger partial charge < -0.3 is 9.90 Å². The fourth-order valence-corrected chi connectivity index (χ4v) is 3.86. The molecule has 0 aliphatic heterocycles. The van der Waals surface area contributed by atoms with E-state index < -0.39 is 11.5 Å². The smallest absolute Gasteiger partial charge is 0.237 e. The molecule has 0 spiro atoms. The van der Waals surface area contributed by atoms with Gasteiger partial charge in [-0.1, -0.05) is 0 Å². The lowest BCUT2D eigenvalue weighted by Crippen LogP contribution is -2.94. The highest BCUT2D eigenvalue weighted by atomic mass is 32.1. The molecule has 0 fully saturated rings. The lowest BCUT2D eigenvalue weighted by molar-refractivity contribution is -0.642. The van der Waals surface area contributed by atoms with E-state index in [4.69, 9.17) is 0 Å². The van der Waals surface area contributed by atoms with Crippen molar-refractivity contribution in [3.05, 3.63) is 16.8 Å². The van der Waals surface area contributed by atoms with Gasteiger partial charge in [0.2, 0.25) is 5.82 Å². The number of fused-ring (bicyclic) bond motifs is 3. The monoisotopic (exact) mass is 291 g/mol. The van der Waals surface area contributed by atoms with Crippen molar-refractivity contribution in [2.75, 3.05) is 0 Å². The molecule has 0 amide bonds. The minimum absolute atomic E-state index is 0.726. The molecule has 106 valence electrons. The number of nitrogens with zero attached hydrogens (tertiary/aromatic N) is 2. The van der Waals surface area contributed by atoms with Gasteiger partial charge in [-0.3, -0.25) is 5.32 Å². The average molecular weight is 291 g/mol. The molecular formula is C14H17N3O2S. The van der Waals surface area contributed by atoms with Crippen molar-refractivity contribution in [2.45, 2.75) is 45.1 Å². The number of quaternary nitrogens is 1. The zero-order valence-electron chi connectivity index (χ0n) is 11.6. The number of thiophene rings is 1. The van der Waals surface area contributed by atoms with Gasteiger partial charge in [-0.15, -0.1) is 11.3 Å². The van der Waals surface area contributed by atoms with Gasteiger partial charge in [-0.05, 0) is 45.1 Å². The quantitative estimate of drug-likeness (QED) is 0.881. The van der Waals surface area contributed by atoms with E-state index in [1.54, 1.807) is 30.5 Å². The number of carboxylic acid groups (broad SMARTS) is 1. The summed E-state index contributed by atoms with van der Waals surface area (Å²) in [6, 6.07) is 0. The Bertz CT molecular complexity index is 678. The number of aromatic nitrogens is 2. The number of carbonyl (C=O) groups is 1. The van der Waals surface area contributed by atoms with Crippen LogP contribution in [0.3, 0.4) is 0 Å². The highest BCUT2D eigenvalue weighted by molar-refractivity contribution is 7.18. The lowest BCUT2D eigenvalue weighted by Gasteiger charge is -2.23. The molecule has 6 heteroatoms. The lowest BCUT2D eigenvalue weighted by atomic mass is 9.96. The van der Waals surface area contributed by atoms with Gasteiger partial charge in [0.1, 0.15) is 22.7 Å². The van der Waals surface area contributed by atoms with Crippen molar-refractivity contribution in [2.24, 2.45) is 0 Å². The van der Waals surface area contributed by atoms with Crippen molar-refractivity contribution in [3.63, 3.8) is 0 Å². The predicted molar refractivity (Wildman–Crippen MR) is 74.7 cm³/mol. The van der Waals surface area contributed by atoms with Crippen LogP contribution in [0.5, 0.6) is 0 Å². The van der Waals surface area contributed by atoms with E-state index in [2.05, 4.69) is 9.97 Å². The zero-order valence-corrected chi connectivity index (χ0v) is 12.4. The third kappa shape index (κ3) is 2.19. The average Bonchev–Trinajstić information content (AvgIpc) is 2.77. The molecule has 2 N–H and O–H groups in total. The van der Waals surface area contributed by atoms with Crippen molar-refractivity contribution in [1.29, 1.82) is 0 Å². The number of hydrogen-bond acceptors (Lipinski definition) is 5. The molecule has 2 heterocycles. The fourth-order valence-electron chi connectivity index (χ4n) is 2.62. The normalized spacial score (nSPS) is 15.3. The first-order chi connectivity index (χ1) is 9.49. The number of rotatable bonds is 3. The van der Waals surface area contributed by atoms with Gasteiger partial charge >= 0.3 is 0 Å². The van der Waals surface area contributed by atoms with E-state index in [1.807, 2.05) is 0 Å². The highest BCUT2D eigenvalue weighted by Gasteiger charge is 2.28. The van der Waals surface area contributed by atoms with Crippen LogP contribution in [0.2, 0.25) is 0 Å². The topological polar surface area (TPSA) is 82.5 Å². The largest absolute Gasteiger partial charge is 0.544 e. The second-order valence-electron chi connectivity index (χ2n) is 5.80. The highest BCUT2D eigenvalue weighted by Crippen LogP contribution is 2.37. The van der Waals surface area contributed by atoms with Crippen LogP contribution in [-0.2, 0) is 17.6 Å². The van der Waals surface area contributed by atoms with E-state index in [-0.39, 0.29) is 0 Å². The van der Waals surface area contributed by atoms with Crippen LogP contribution in [0.1, 0.15) is 37.1 Å². The Balaban J connectivity index is 2.11. The second-order valence-corrected chi connectivity index (χ2v) is 6.89. The molecule has 20 heavy (non-hydrogen) atoms. The molecule has 0 atom stereocenters. The van der Waals surface area contributed by atoms with Gasteiger partial charge in [0.05, 0.1) is 5.39 Å². The molecule has 3 rings (SSSR count). The molecule has 0 unspecified atom stereocenters. The summed E-state index contributed by atoms with van der Waals surface area (Å²) in [6.45, 7) is 3.27. The second kappa shape index (κ2) is 4.79. The van der Waals surface area contributed by atoms with Crippen molar-refractivity contribution < 1.29 is 15.2 Å². The first-order valence-corrected chi connectivity index (χ1v) is 7.63. The molecule has 0 radical (unpaired) electrons. The number of carboxylic acids is 1. The standard InChI is InChI=1S/C14H17N3O2S/c1-14(2,13(18)19)17-11-10-8-5-3-4-6-9(8)20-12(10)16-7-15-11/h7H,3-6H2,1-2H3,(H,18,19)(H,15,16,17). The number of aryl methyl sites for hydroxylation is 2. The molecular weight excluding hydrogens is 274 g/mol. The number of hydrogen-bond donors (Lipinski definition) is 1. The fraction of sp³-hybridized carbons (Fsp3) is 0.500. The van der Waals surface area contributed by atoms with Crippen LogP contribution in [0.4, 0.5) is 5.82 Å². The van der Waals surface area contributed by atoms with Gasteiger partial charge in [0, 0.05) is 4.88 Å². The van der Waals surface area contributed by atoms with E-state index in [9.17, 15) is 9.90 Å². The van der Waals surface area contributed by atoms with Crippen LogP contribution in [0.15, 0.2) is 6.33 Å². The van der Waals surface area contributed by atoms with Crippen LogP contribution in [0.25, 0.3) is 10.2 Å². The number of nitrogens with two attached hydrogens (primary N) is 1. The SMILES string of the molecule is CC(C)([NH2+]c1ncnc2sc3c(c12)CCCC3)C(=O)[O-]. The summed E-state index contributed by atoms with van der Waals surface area (Å²) in [6.07, 6.45) is 6.05. The van der Waals surface area contributed by atoms with Gasteiger partial charge in [0.15, 0.2) is 0 Å². The third-order valence-electron chi connectivity index (χ3n) is 3.80. The maximum atomic E-state index is 11.2. The van der Waals surface area contributed by atoms with Crippen LogP contribution in [-0.4, -0.2) is 21.5 Å². The summed E-state index contributed by atoms with van der Waals surface area (Å²) in [4.78, 5) is 22.2. The van der Waals surface area contributed by atoms with Crippen LogP contribution in [0, 0.1) is 0 Å². The summed E-state index contributed by atoms with van der Waals surface area (Å²) in [5, 5.41) is 13.9. The maximum absolute atomic E-state index is 11.2. The Morgan fingerprint density at radius 2 is 2.10 bits per heavy atom. The van der Waals surface area contributed by atoms with Crippen molar-refractivity contribution in [3.8, 4) is 0 Å². The minimum atomic E-state index is -1.09. The molecule has 2 aromatic heterocycles. The minimum Gasteiger partial charge on any atom is -0.544 e. The summed E-state index contributed by atoms with van der Waals surface area (Å²) < 4.78 is 0. The summed E-state index contributed by atoms with van der Waals surface area (Å²) >= 11 is 1.71. The third-order valence-corrected chi connectivity index (χ3v) is 5.00. The Labute approximate surface area is 121 Å². The maximum Gasteiger partial charge on any atom is 0.237 e. The van der Waals surface area contributed by atoms with E-state index in [0.29, 0.717) is 0 Å². The summed E-state index contributed by atoms with van der Waals surface area (Å²) in [5.74, 6) is -0.364. The zero-order chi connectivity index (χ0) is 14.3. The predicted octanol–water partition coefficient (Wildman–Crippen LogP) is 0.293. The van der Waals surface area contributed by atoms with E-state index >= 15 is 0 Å². The van der Waals surface area contributed by atoms with Crippen molar-refractivity contribution in [1.82, 2.24) is 9.97 Å². The Kier molecular flexibility index (Phi) is 3.22. The number of aliphatic carboxylic acids is 1. The van der Waals surface area contributed by atoms with Crippen molar-refractivity contribution >= 4 is 33.3 Å². The molecule has 1 aliphatic rings. The Morgan fingerprint density at radius 3 is 2.85 bits per heavy atom. The first-order valence-electron chi connectivity index (χ1n) is 6.81. The first kappa shape index (κ1) is 13.5. The summed E-state index contributed by atoms with van der Waals surface area (Å²) in [5.41, 5.74) is 0.280. The van der Waals surface area contributed by atoms with Gasteiger partial charge in [-0.2, -0.15) is 4.98 Å². The van der Waals surface area contributed by atoms with E-state index in [0.717, 1.165) is 28.9 Å². The van der Waals surface area contributed by atoms with Crippen LogP contribution >= 0.6 is 11.3 Å². The molecule has 0 saturated heterocycles. The van der Waals surface area contributed by atoms with Crippen LogP contribution < -0.4 is 10.4 Å². The molecule has 5 nitrogen and oxygen atoms in total. The Hall–Kier alpha value is -1.53. The van der Waals surface area contributed by atoms with Gasteiger partial charge in [0.25, 0.3) is 0 Å².